The number of rotatable bonds is 8. The number of nitrogens with one attached hydrogen (secondary N) is 3. The number of amides is 2. The minimum Gasteiger partial charge on any atom is -0.390 e. The van der Waals surface area contributed by atoms with Crippen LogP contribution in [-0.2, 0) is 0 Å². The maximum Gasteiger partial charge on any atom is 0.261 e. The highest BCUT2D eigenvalue weighted by molar-refractivity contribution is 7.99. The maximum absolute atomic E-state index is 13.3. The van der Waals surface area contributed by atoms with Gasteiger partial charge in [-0.3, -0.25) is 19.3 Å². The van der Waals surface area contributed by atoms with Gasteiger partial charge in [0.2, 0.25) is 0 Å². The van der Waals surface area contributed by atoms with Gasteiger partial charge in [0.05, 0.1) is 34.0 Å². The fourth-order valence-corrected chi connectivity index (χ4v) is 6.70. The highest BCUT2D eigenvalue weighted by Gasteiger charge is 2.41. The van der Waals surface area contributed by atoms with Gasteiger partial charge in [-0.1, -0.05) is 17.7 Å². The number of benzene rings is 2. The number of pyridine rings is 1. The number of anilines is 1. The number of aryl methyl sites for hydroxylation is 2. The molecule has 4 aromatic rings. The average molecular weight is 587 g/mol. The Labute approximate surface area is 247 Å². The van der Waals surface area contributed by atoms with E-state index in [0.29, 0.717) is 39.4 Å². The molecule has 1 fully saturated rings. The fraction of sp³-hybridized carbons (Fsp3) is 0.355. The number of piperidine rings is 1. The van der Waals surface area contributed by atoms with Gasteiger partial charge >= 0.3 is 0 Å². The Morgan fingerprint density at radius 3 is 2.55 bits per heavy atom. The number of carbonyl (C=O) groups excluding carboxylic acids is 2. The normalized spacial score (nSPS) is 16.8. The quantitative estimate of drug-likeness (QED) is 0.181. The van der Waals surface area contributed by atoms with E-state index in [1.807, 2.05) is 7.05 Å². The number of H-pyrrole nitrogens is 2. The average Bonchev–Trinajstić information content (AvgIpc) is 3.48. The van der Waals surface area contributed by atoms with Gasteiger partial charge in [-0.2, -0.15) is 0 Å². The second kappa shape index (κ2) is 11.4. The molecule has 0 radical (unpaired) electrons. The topological polar surface area (TPSA) is 134 Å². The Bertz CT molecular complexity index is 1690. The number of imidazole rings is 1. The molecule has 0 aliphatic carbocycles. The van der Waals surface area contributed by atoms with Gasteiger partial charge in [-0.05, 0) is 76.7 Å². The summed E-state index contributed by atoms with van der Waals surface area (Å²) in [5.74, 6) is 0.227. The highest BCUT2D eigenvalue weighted by atomic mass is 32.2. The van der Waals surface area contributed by atoms with Gasteiger partial charge in [0.1, 0.15) is 11.4 Å². The monoisotopic (exact) mass is 586 g/mol. The summed E-state index contributed by atoms with van der Waals surface area (Å²) in [6.45, 7) is 6.03. The second-order valence-electron chi connectivity index (χ2n) is 11.2. The van der Waals surface area contributed by atoms with E-state index in [4.69, 9.17) is 0 Å². The van der Waals surface area contributed by atoms with Gasteiger partial charge < -0.3 is 25.3 Å². The number of aromatic amines is 2. The summed E-state index contributed by atoms with van der Waals surface area (Å²) in [6, 6.07) is 11.2. The van der Waals surface area contributed by atoms with E-state index in [2.05, 4.69) is 57.2 Å². The first-order valence-electron chi connectivity index (χ1n) is 14.1. The van der Waals surface area contributed by atoms with Crippen LogP contribution in [0.1, 0.15) is 44.7 Å². The largest absolute Gasteiger partial charge is 0.390 e. The van der Waals surface area contributed by atoms with Crippen LogP contribution in [0.25, 0.3) is 22.4 Å². The molecule has 4 heterocycles. The third-order valence-corrected chi connectivity index (χ3v) is 9.38. The van der Waals surface area contributed by atoms with Crippen LogP contribution in [0.3, 0.4) is 0 Å². The van der Waals surface area contributed by atoms with E-state index in [0.717, 1.165) is 30.8 Å². The van der Waals surface area contributed by atoms with E-state index >= 15 is 0 Å². The molecular weight excluding hydrogens is 552 g/mol. The summed E-state index contributed by atoms with van der Waals surface area (Å²) in [5.41, 5.74) is 4.57. The number of imide groups is 1. The zero-order valence-electron chi connectivity index (χ0n) is 23.9. The van der Waals surface area contributed by atoms with Crippen molar-refractivity contribution in [3.63, 3.8) is 0 Å². The molecule has 0 bridgehead atoms. The zero-order chi connectivity index (χ0) is 29.5. The number of fused-ring (bicyclic) bond motifs is 2. The van der Waals surface area contributed by atoms with E-state index in [9.17, 15) is 19.5 Å². The first kappa shape index (κ1) is 28.2. The molecule has 2 amide bonds. The first-order chi connectivity index (χ1) is 20.2. The van der Waals surface area contributed by atoms with Gasteiger partial charge in [-0.25, -0.2) is 4.98 Å². The molecule has 0 spiro atoms. The lowest BCUT2D eigenvalue weighted by atomic mass is 10.0. The Morgan fingerprint density at radius 2 is 1.81 bits per heavy atom. The van der Waals surface area contributed by atoms with Crippen molar-refractivity contribution in [3.8, 4) is 11.4 Å². The molecule has 0 saturated carbocycles. The van der Waals surface area contributed by atoms with Crippen LogP contribution >= 0.6 is 11.8 Å². The SMILES string of the molecule is Cc1ccc(SC[C@H](O)CNc2cc[nH]c(=O)c2-c2nc3cc4c(cc3[nH]2)C(=O)N(C2CCN(C)CC2)C4=O)c(C)c1. The van der Waals surface area contributed by atoms with Gasteiger partial charge in [0.15, 0.2) is 0 Å². The summed E-state index contributed by atoms with van der Waals surface area (Å²) < 4.78 is 0. The Hall–Kier alpha value is -3.93. The van der Waals surface area contributed by atoms with E-state index < -0.39 is 6.10 Å². The third kappa shape index (κ3) is 5.35. The number of likely N-dealkylation sites (tertiary alicyclic amines) is 1. The lowest BCUT2D eigenvalue weighted by molar-refractivity contribution is 0.0516. The van der Waals surface area contributed by atoms with Crippen molar-refractivity contribution in [1.82, 2.24) is 24.8 Å². The number of aliphatic hydroxyl groups is 1. The molecule has 6 rings (SSSR count). The van der Waals surface area contributed by atoms with Crippen LogP contribution in [0.4, 0.5) is 5.69 Å². The molecule has 218 valence electrons. The number of hydrogen-bond acceptors (Lipinski definition) is 8. The van der Waals surface area contributed by atoms with Crippen molar-refractivity contribution in [2.75, 3.05) is 37.8 Å². The Morgan fingerprint density at radius 1 is 1.07 bits per heavy atom. The zero-order valence-corrected chi connectivity index (χ0v) is 24.7. The maximum atomic E-state index is 13.3. The number of aliphatic hydroxyl groups excluding tert-OH is 1. The van der Waals surface area contributed by atoms with Crippen LogP contribution in [-0.4, -0.2) is 86.3 Å². The predicted molar refractivity (Wildman–Crippen MR) is 164 cm³/mol. The van der Waals surface area contributed by atoms with Gasteiger partial charge in [0.25, 0.3) is 17.4 Å². The summed E-state index contributed by atoms with van der Waals surface area (Å²) in [4.78, 5) is 54.8. The summed E-state index contributed by atoms with van der Waals surface area (Å²) in [7, 11) is 2.04. The lowest BCUT2D eigenvalue weighted by Crippen LogP contribution is -2.46. The standard InChI is InChI=1S/C31H34N6O4S/c1-17-4-5-26(18(2)12-17)42-16-20(38)15-33-23-6-9-32-29(39)27(23)28-34-24-13-21-22(14-25(24)35-28)31(41)37(30(21)40)19-7-10-36(3)11-8-19/h4-6,9,12-14,19-20,38H,7-8,10-11,15-16H2,1-3H3,(H,34,35)(H2,32,33,39)/t20-/m1/s1. The lowest BCUT2D eigenvalue weighted by Gasteiger charge is -2.33. The molecule has 11 heteroatoms. The number of hydrogen-bond donors (Lipinski definition) is 4. The van der Waals surface area contributed by atoms with Crippen molar-refractivity contribution in [3.05, 3.63) is 75.2 Å². The molecule has 1 atom stereocenters. The summed E-state index contributed by atoms with van der Waals surface area (Å²) in [5, 5.41) is 13.9. The number of aromatic nitrogens is 3. The predicted octanol–water partition coefficient (Wildman–Crippen LogP) is 3.79. The number of carbonyl (C=O) groups is 2. The molecule has 10 nitrogen and oxygen atoms in total. The molecule has 2 aliphatic rings. The van der Waals surface area contributed by atoms with Gasteiger partial charge in [0, 0.05) is 29.4 Å². The van der Waals surface area contributed by atoms with Gasteiger partial charge in [-0.15, -0.1) is 11.8 Å². The van der Waals surface area contributed by atoms with Crippen LogP contribution in [0.15, 0.2) is 52.3 Å². The van der Waals surface area contributed by atoms with Crippen molar-refractivity contribution in [2.45, 2.75) is 43.7 Å². The van der Waals surface area contributed by atoms with Crippen LogP contribution in [0.2, 0.25) is 0 Å². The Balaban J connectivity index is 1.20. The van der Waals surface area contributed by atoms with Crippen molar-refractivity contribution >= 4 is 40.3 Å². The van der Waals surface area contributed by atoms with Crippen molar-refractivity contribution in [2.24, 2.45) is 0 Å². The van der Waals surface area contributed by atoms with E-state index in [-0.39, 0.29) is 35.5 Å². The van der Waals surface area contributed by atoms with E-state index in [1.54, 1.807) is 30.0 Å². The number of thioether (sulfide) groups is 1. The van der Waals surface area contributed by atoms with Crippen LogP contribution in [0, 0.1) is 13.8 Å². The molecule has 1 saturated heterocycles. The summed E-state index contributed by atoms with van der Waals surface area (Å²) in [6.07, 6.45) is 2.39. The highest BCUT2D eigenvalue weighted by Crippen LogP contribution is 2.33. The fourth-order valence-electron chi connectivity index (χ4n) is 5.76. The molecule has 0 unspecified atom stereocenters. The van der Waals surface area contributed by atoms with Crippen molar-refractivity contribution in [1.29, 1.82) is 0 Å². The Kier molecular flexibility index (Phi) is 7.65. The molecule has 2 aromatic heterocycles. The second-order valence-corrected chi connectivity index (χ2v) is 12.3. The molecule has 4 N–H and O–H groups in total. The molecular formula is C31H34N6O4S. The van der Waals surface area contributed by atoms with Crippen molar-refractivity contribution < 1.29 is 14.7 Å². The molecule has 2 aromatic carbocycles. The first-order valence-corrected chi connectivity index (χ1v) is 15.1. The molecule has 2 aliphatic heterocycles. The van der Waals surface area contributed by atoms with Crippen LogP contribution in [0.5, 0.6) is 0 Å². The number of nitrogens with zero attached hydrogens (tertiary/aromatic N) is 3. The van der Waals surface area contributed by atoms with Crippen LogP contribution < -0.4 is 10.9 Å². The third-order valence-electron chi connectivity index (χ3n) is 8.06. The minimum absolute atomic E-state index is 0.110. The minimum atomic E-state index is -0.661. The smallest absolute Gasteiger partial charge is 0.261 e. The summed E-state index contributed by atoms with van der Waals surface area (Å²) >= 11 is 1.59. The van der Waals surface area contributed by atoms with E-state index in [1.165, 1.54) is 22.2 Å². The molecule has 42 heavy (non-hydrogen) atoms.